The number of pyridine rings is 1. The fourth-order valence-corrected chi connectivity index (χ4v) is 5.33. The van der Waals surface area contributed by atoms with Gasteiger partial charge in [0, 0.05) is 11.7 Å². The lowest BCUT2D eigenvalue weighted by Crippen LogP contribution is -2.28. The van der Waals surface area contributed by atoms with Gasteiger partial charge in [-0.15, -0.1) is 0 Å². The van der Waals surface area contributed by atoms with Crippen molar-refractivity contribution in [2.45, 2.75) is 57.3 Å². The van der Waals surface area contributed by atoms with E-state index in [2.05, 4.69) is 16.4 Å². The van der Waals surface area contributed by atoms with Gasteiger partial charge in [0.1, 0.15) is 18.1 Å². The van der Waals surface area contributed by atoms with Crippen LogP contribution < -0.4 is 10.1 Å². The Balaban J connectivity index is 1.11. The van der Waals surface area contributed by atoms with Crippen molar-refractivity contribution < 1.29 is 27.8 Å². The van der Waals surface area contributed by atoms with Crippen LogP contribution in [0.1, 0.15) is 68.4 Å². The molecule has 1 aliphatic rings. The summed E-state index contributed by atoms with van der Waals surface area (Å²) < 4.78 is 44.5. The van der Waals surface area contributed by atoms with E-state index in [4.69, 9.17) is 4.74 Å². The molecule has 0 saturated carbocycles. The van der Waals surface area contributed by atoms with Gasteiger partial charge in [0.2, 0.25) is 0 Å². The van der Waals surface area contributed by atoms with Crippen molar-refractivity contribution in [1.29, 1.82) is 0 Å². The Hall–Kier alpha value is -4.17. The van der Waals surface area contributed by atoms with Crippen molar-refractivity contribution in [3.05, 3.63) is 130 Å². The van der Waals surface area contributed by atoms with E-state index < -0.39 is 17.7 Å². The minimum Gasteiger partial charge on any atom is -0.489 e. The topological polar surface area (TPSA) is 71.5 Å². The first kappa shape index (κ1) is 29.3. The molecule has 1 aromatic heterocycles. The predicted octanol–water partition coefficient (Wildman–Crippen LogP) is 7.37. The molecule has 0 amide bonds. The first-order valence-electron chi connectivity index (χ1n) is 14.2. The van der Waals surface area contributed by atoms with E-state index in [9.17, 15) is 23.1 Å². The van der Waals surface area contributed by atoms with Crippen LogP contribution in [0.2, 0.25) is 0 Å². The molecular weight excluding hydrogens is 541 g/mol. The van der Waals surface area contributed by atoms with Gasteiger partial charge in [-0.1, -0.05) is 60.7 Å². The molecule has 1 aliphatic carbocycles. The molecule has 0 radical (unpaired) electrons. The molecule has 1 atom stereocenters. The number of ether oxygens (including phenoxy) is 1. The highest BCUT2D eigenvalue weighted by Gasteiger charge is 2.29. The second-order valence-electron chi connectivity index (χ2n) is 10.6. The lowest BCUT2D eigenvalue weighted by atomic mass is 9.91. The predicted molar refractivity (Wildman–Crippen MR) is 155 cm³/mol. The summed E-state index contributed by atoms with van der Waals surface area (Å²) in [5, 5.41) is 12.9. The number of carboxylic acid groups (broad SMARTS) is 1. The van der Waals surface area contributed by atoms with Gasteiger partial charge in [0.15, 0.2) is 0 Å². The molecule has 4 aromatic rings. The molecule has 42 heavy (non-hydrogen) atoms. The van der Waals surface area contributed by atoms with Gasteiger partial charge in [-0.25, -0.2) is 9.78 Å². The summed E-state index contributed by atoms with van der Waals surface area (Å²) >= 11 is 0. The van der Waals surface area contributed by atoms with Gasteiger partial charge < -0.3 is 15.2 Å². The Morgan fingerprint density at radius 2 is 1.55 bits per heavy atom. The summed E-state index contributed by atoms with van der Waals surface area (Å²) in [4.78, 5) is 15.6. The first-order chi connectivity index (χ1) is 20.3. The molecule has 0 fully saturated rings. The number of para-hydroxylation sites is 1. The number of rotatable bonds is 11. The van der Waals surface area contributed by atoms with Crippen LogP contribution in [0.25, 0.3) is 0 Å². The summed E-state index contributed by atoms with van der Waals surface area (Å²) in [7, 11) is 0. The summed E-state index contributed by atoms with van der Waals surface area (Å²) in [5.74, 6) is -0.167. The van der Waals surface area contributed by atoms with Gasteiger partial charge in [0.25, 0.3) is 0 Å². The summed E-state index contributed by atoms with van der Waals surface area (Å²) in [6, 6.07) is 25.1. The molecule has 0 spiro atoms. The lowest BCUT2D eigenvalue weighted by molar-refractivity contribution is -0.137. The van der Waals surface area contributed by atoms with Crippen molar-refractivity contribution in [2.75, 3.05) is 6.54 Å². The van der Waals surface area contributed by atoms with E-state index in [0.717, 1.165) is 90.0 Å². The van der Waals surface area contributed by atoms with E-state index in [-0.39, 0.29) is 11.7 Å². The van der Waals surface area contributed by atoms with E-state index in [1.165, 1.54) is 0 Å². The molecule has 0 bridgehead atoms. The number of aromatic nitrogens is 1. The van der Waals surface area contributed by atoms with Crippen LogP contribution in [0, 0.1) is 0 Å². The summed E-state index contributed by atoms with van der Waals surface area (Å²) in [5.41, 5.74) is 5.54. The Kier molecular flexibility index (Phi) is 9.22. The fourth-order valence-electron chi connectivity index (χ4n) is 5.33. The van der Waals surface area contributed by atoms with Crippen molar-refractivity contribution in [2.24, 2.45) is 0 Å². The number of fused-ring (bicyclic) bond motifs is 1. The maximum absolute atomic E-state index is 12.8. The zero-order valence-corrected chi connectivity index (χ0v) is 23.2. The minimum atomic E-state index is -4.31. The number of alkyl halides is 3. The third kappa shape index (κ3) is 7.56. The van der Waals surface area contributed by atoms with Crippen molar-refractivity contribution in [1.82, 2.24) is 10.3 Å². The molecule has 3 aromatic carbocycles. The molecule has 218 valence electrons. The van der Waals surface area contributed by atoms with Crippen LogP contribution in [-0.2, 0) is 38.5 Å². The van der Waals surface area contributed by atoms with Gasteiger partial charge in [-0.3, -0.25) is 0 Å². The van der Waals surface area contributed by atoms with Crippen molar-refractivity contribution in [3.63, 3.8) is 0 Å². The molecule has 1 unspecified atom stereocenters. The molecule has 2 N–H and O–H groups in total. The second-order valence-corrected chi connectivity index (χ2v) is 10.6. The SMILES string of the molecule is O=C(O)c1ccc2c(n1)CCCC2NCCc1ccccc1OCc1ccc(CCc2ccc(C(F)(F)F)cc2)cc1. The Morgan fingerprint density at radius 3 is 2.24 bits per heavy atom. The van der Waals surface area contributed by atoms with Crippen molar-refractivity contribution in [3.8, 4) is 5.75 Å². The number of aryl methyl sites for hydroxylation is 3. The quantitative estimate of drug-likeness (QED) is 0.196. The highest BCUT2D eigenvalue weighted by molar-refractivity contribution is 5.85. The van der Waals surface area contributed by atoms with Crippen LogP contribution >= 0.6 is 0 Å². The van der Waals surface area contributed by atoms with E-state index in [1.54, 1.807) is 18.2 Å². The Morgan fingerprint density at radius 1 is 0.881 bits per heavy atom. The lowest BCUT2D eigenvalue weighted by Gasteiger charge is -2.26. The number of benzene rings is 3. The van der Waals surface area contributed by atoms with E-state index >= 15 is 0 Å². The Bertz CT molecular complexity index is 1500. The van der Waals surface area contributed by atoms with E-state index in [0.29, 0.717) is 13.0 Å². The zero-order chi connectivity index (χ0) is 29.5. The highest BCUT2D eigenvalue weighted by atomic mass is 19.4. The van der Waals surface area contributed by atoms with Crippen LogP contribution in [-0.4, -0.2) is 22.6 Å². The molecule has 1 heterocycles. The van der Waals surface area contributed by atoms with Crippen molar-refractivity contribution >= 4 is 5.97 Å². The zero-order valence-electron chi connectivity index (χ0n) is 23.2. The number of hydrogen-bond acceptors (Lipinski definition) is 4. The van der Waals surface area contributed by atoms with Gasteiger partial charge >= 0.3 is 12.1 Å². The number of nitrogens with one attached hydrogen (secondary N) is 1. The number of nitrogens with zero attached hydrogens (tertiary/aromatic N) is 1. The van der Waals surface area contributed by atoms with Crippen LogP contribution in [0.3, 0.4) is 0 Å². The number of halogens is 3. The normalized spacial score (nSPS) is 14.8. The monoisotopic (exact) mass is 574 g/mol. The average Bonchev–Trinajstić information content (AvgIpc) is 2.99. The van der Waals surface area contributed by atoms with Crippen LogP contribution in [0.4, 0.5) is 13.2 Å². The van der Waals surface area contributed by atoms with Crippen LogP contribution in [0.15, 0.2) is 84.9 Å². The average molecular weight is 575 g/mol. The first-order valence-corrected chi connectivity index (χ1v) is 14.2. The third-order valence-electron chi connectivity index (χ3n) is 7.67. The highest BCUT2D eigenvalue weighted by Crippen LogP contribution is 2.30. The second kappa shape index (κ2) is 13.2. The molecule has 5 nitrogen and oxygen atoms in total. The maximum atomic E-state index is 12.8. The molecule has 8 heteroatoms. The minimum absolute atomic E-state index is 0.0910. The third-order valence-corrected chi connectivity index (χ3v) is 7.67. The number of carboxylic acids is 1. The number of carbonyl (C=O) groups is 1. The number of hydrogen-bond donors (Lipinski definition) is 2. The summed E-state index contributed by atoms with van der Waals surface area (Å²) in [6.45, 7) is 1.18. The largest absolute Gasteiger partial charge is 0.489 e. The molecular formula is C34H33F3N2O3. The molecule has 0 aliphatic heterocycles. The van der Waals surface area contributed by atoms with Gasteiger partial charge in [0.05, 0.1) is 5.56 Å². The van der Waals surface area contributed by atoms with Gasteiger partial charge in [-0.05, 0) is 97.2 Å². The molecule has 5 rings (SSSR count). The maximum Gasteiger partial charge on any atom is 0.416 e. The van der Waals surface area contributed by atoms with E-state index in [1.807, 2.05) is 48.5 Å². The fraction of sp³-hybridized carbons (Fsp3) is 0.294. The Labute approximate surface area is 243 Å². The summed E-state index contributed by atoms with van der Waals surface area (Å²) in [6.07, 6.45) is 0.627. The molecule has 0 saturated heterocycles. The standard InChI is InChI=1S/C34H33F3N2O3/c35-34(36,37)27-16-14-24(15-17-27)9-8-23-10-12-25(13-11-23)22-42-32-7-2-1-4-26(32)20-21-38-29-5-3-6-30-28(29)18-19-31(39-30)33(40)41/h1-2,4,7,10-19,29,38H,3,5-6,8-9,20-22H2,(H,40,41). The number of aromatic carboxylic acids is 1. The smallest absolute Gasteiger partial charge is 0.416 e. The van der Waals surface area contributed by atoms with Crippen LogP contribution in [0.5, 0.6) is 5.75 Å². The van der Waals surface area contributed by atoms with Gasteiger partial charge in [-0.2, -0.15) is 13.2 Å².